The summed E-state index contributed by atoms with van der Waals surface area (Å²) in [5.74, 6) is -4.40. The lowest BCUT2D eigenvalue weighted by molar-refractivity contribution is -0.153. The summed E-state index contributed by atoms with van der Waals surface area (Å²) in [5, 5.41) is 23.0. The van der Waals surface area contributed by atoms with E-state index < -0.39 is 64.7 Å². The van der Waals surface area contributed by atoms with Gasteiger partial charge >= 0.3 is 6.03 Å². The van der Waals surface area contributed by atoms with Crippen molar-refractivity contribution >= 4 is 35.2 Å². The van der Waals surface area contributed by atoms with Crippen LogP contribution < -0.4 is 15.5 Å². The van der Waals surface area contributed by atoms with E-state index in [-0.39, 0.29) is 29.8 Å². The van der Waals surface area contributed by atoms with E-state index in [9.17, 15) is 24.3 Å². The predicted octanol–water partition coefficient (Wildman–Crippen LogP) is -0.122. The number of nitrogens with zero attached hydrogens (tertiary/aromatic N) is 2. The molecule has 1 aromatic rings. The number of nitrogens with one attached hydrogen (secondary N) is 3. The van der Waals surface area contributed by atoms with E-state index in [2.05, 4.69) is 10.6 Å². The van der Waals surface area contributed by atoms with Gasteiger partial charge in [-0.25, -0.2) is 9.18 Å². The number of carbonyl (C=O) groups is 4. The average Bonchev–Trinajstić information content (AvgIpc) is 2.72. The minimum atomic E-state index is -1.84. The zero-order chi connectivity index (χ0) is 24.4. The van der Waals surface area contributed by atoms with Gasteiger partial charge in [0.2, 0.25) is 11.8 Å². The van der Waals surface area contributed by atoms with Crippen molar-refractivity contribution in [3.05, 3.63) is 23.0 Å². The molecule has 33 heavy (non-hydrogen) atoms. The maximum Gasteiger partial charge on any atom is 0.328 e. The number of anilines is 1. The summed E-state index contributed by atoms with van der Waals surface area (Å²) in [5.41, 5.74) is -2.73. The van der Waals surface area contributed by atoms with Crippen molar-refractivity contribution in [1.29, 1.82) is 5.41 Å². The number of urea groups is 1. The van der Waals surface area contributed by atoms with E-state index in [0.717, 1.165) is 4.90 Å². The van der Waals surface area contributed by atoms with Crippen LogP contribution in [0.1, 0.15) is 25.0 Å². The number of phenolic OH excluding ortho intramolecular Hbond substituents is 1. The summed E-state index contributed by atoms with van der Waals surface area (Å²) in [6.07, 6.45) is -1.43. The minimum Gasteiger partial charge on any atom is -0.504 e. The highest BCUT2D eigenvalue weighted by molar-refractivity contribution is 6.44. The number of likely N-dealkylation sites (N-methyl/N-ethyl adjacent to an activating group) is 1. The molecule has 0 saturated carbocycles. The quantitative estimate of drug-likeness (QED) is 0.354. The van der Waals surface area contributed by atoms with E-state index in [1.165, 1.54) is 25.1 Å². The monoisotopic (exact) mass is 461 g/mol. The zero-order valence-electron chi connectivity index (χ0n) is 18.5. The predicted molar refractivity (Wildman–Crippen MR) is 113 cm³/mol. The minimum absolute atomic E-state index is 0.0310. The molecular weight excluding hydrogens is 437 g/mol. The molecule has 4 rings (SSSR count). The molecule has 0 bridgehead atoms. The fourth-order valence-corrected chi connectivity index (χ4v) is 5.08. The zero-order valence-corrected chi connectivity index (χ0v) is 18.5. The Labute approximate surface area is 188 Å². The van der Waals surface area contributed by atoms with E-state index in [1.807, 2.05) is 0 Å². The summed E-state index contributed by atoms with van der Waals surface area (Å²) in [6, 6.07) is -0.685. The number of morpholine rings is 1. The average molecular weight is 461 g/mol. The third-order valence-corrected chi connectivity index (χ3v) is 6.39. The lowest BCUT2D eigenvalue weighted by Gasteiger charge is -2.55. The Kier molecular flexibility index (Phi) is 5.15. The number of benzene rings is 1. The Morgan fingerprint density at radius 3 is 2.45 bits per heavy atom. The molecule has 4 N–H and O–H groups in total. The summed E-state index contributed by atoms with van der Waals surface area (Å²) in [6.45, 7) is 3.49. The van der Waals surface area contributed by atoms with Crippen LogP contribution in [0.25, 0.3) is 0 Å². The lowest BCUT2D eigenvalue weighted by atomic mass is 9.66. The van der Waals surface area contributed by atoms with Gasteiger partial charge in [0.15, 0.2) is 17.0 Å². The maximum atomic E-state index is 15.6. The second kappa shape index (κ2) is 7.51. The molecule has 0 unspecified atom stereocenters. The lowest BCUT2D eigenvalue weighted by Crippen LogP contribution is -2.75. The normalized spacial score (nSPS) is 25.7. The number of carbonyl (C=O) groups excluding carboxylic acids is 4. The second-order valence-electron chi connectivity index (χ2n) is 8.80. The number of rotatable bonds is 2. The molecule has 1 aromatic carbocycles. The van der Waals surface area contributed by atoms with Crippen molar-refractivity contribution in [2.24, 2.45) is 5.41 Å². The Hall–Kier alpha value is -3.54. The van der Waals surface area contributed by atoms with Crippen molar-refractivity contribution < 1.29 is 33.4 Å². The molecule has 11 nitrogen and oxygen atoms in total. The van der Waals surface area contributed by atoms with Crippen molar-refractivity contribution in [1.82, 2.24) is 15.5 Å². The van der Waals surface area contributed by atoms with Gasteiger partial charge in [0.1, 0.15) is 5.71 Å². The van der Waals surface area contributed by atoms with Crippen LogP contribution in [0, 0.1) is 16.6 Å². The molecule has 0 aliphatic carbocycles. The van der Waals surface area contributed by atoms with Gasteiger partial charge in [-0.05, 0) is 25.5 Å². The number of fused-ring (bicyclic) bond motifs is 4. The van der Waals surface area contributed by atoms with Gasteiger partial charge in [-0.2, -0.15) is 0 Å². The molecule has 3 aliphatic heterocycles. The van der Waals surface area contributed by atoms with Crippen LogP contribution in [-0.2, 0) is 25.5 Å². The van der Waals surface area contributed by atoms with E-state index in [0.29, 0.717) is 0 Å². The van der Waals surface area contributed by atoms with E-state index in [4.69, 9.17) is 10.1 Å². The number of imide groups is 2. The Morgan fingerprint density at radius 1 is 1.27 bits per heavy atom. The Morgan fingerprint density at radius 2 is 1.88 bits per heavy atom. The van der Waals surface area contributed by atoms with Gasteiger partial charge in [0.05, 0.1) is 29.5 Å². The molecule has 0 aromatic heterocycles. The SMILES string of the molecule is C[C@@H]1CN2c3c(cc(C(=N)C(=O)N(C)C)c(O)c3F)CC3(C(=O)NC(=O)NC3=O)[C@H]2[C@H](C)O1. The molecule has 2 fully saturated rings. The van der Waals surface area contributed by atoms with Crippen LogP contribution >= 0.6 is 0 Å². The molecule has 0 radical (unpaired) electrons. The maximum absolute atomic E-state index is 15.6. The van der Waals surface area contributed by atoms with Gasteiger partial charge < -0.3 is 19.6 Å². The topological polar surface area (TPSA) is 152 Å². The molecular formula is C21H24FN5O6. The largest absolute Gasteiger partial charge is 0.504 e. The van der Waals surface area contributed by atoms with Crippen LogP contribution in [0.5, 0.6) is 5.75 Å². The summed E-state index contributed by atoms with van der Waals surface area (Å²) in [4.78, 5) is 52.9. The molecule has 176 valence electrons. The fraction of sp³-hybridized carbons (Fsp3) is 0.476. The van der Waals surface area contributed by atoms with Crippen LogP contribution in [0.3, 0.4) is 0 Å². The van der Waals surface area contributed by atoms with Crippen molar-refractivity contribution in [3.8, 4) is 5.75 Å². The summed E-state index contributed by atoms with van der Waals surface area (Å²) >= 11 is 0. The van der Waals surface area contributed by atoms with E-state index >= 15 is 4.39 Å². The summed E-state index contributed by atoms with van der Waals surface area (Å²) < 4.78 is 21.5. The highest BCUT2D eigenvalue weighted by atomic mass is 19.1. The first kappa shape index (κ1) is 22.6. The molecule has 3 atom stereocenters. The molecule has 2 saturated heterocycles. The van der Waals surface area contributed by atoms with Gasteiger partial charge in [-0.1, -0.05) is 0 Å². The van der Waals surface area contributed by atoms with Crippen LogP contribution in [0.15, 0.2) is 6.07 Å². The van der Waals surface area contributed by atoms with Crippen molar-refractivity contribution in [2.75, 3.05) is 25.5 Å². The number of amides is 5. The molecule has 1 spiro atoms. The van der Waals surface area contributed by atoms with Crippen molar-refractivity contribution in [3.63, 3.8) is 0 Å². The van der Waals surface area contributed by atoms with Gasteiger partial charge in [0, 0.05) is 27.1 Å². The highest BCUT2D eigenvalue weighted by Crippen LogP contribution is 2.49. The van der Waals surface area contributed by atoms with Crippen molar-refractivity contribution in [2.45, 2.75) is 38.5 Å². The van der Waals surface area contributed by atoms with Crippen LogP contribution in [0.4, 0.5) is 14.9 Å². The second-order valence-corrected chi connectivity index (χ2v) is 8.80. The standard InChI is InChI=1S/C21H24FN5O6/c1-8-7-27-14-10(5-11(15(28)12(14)22)13(23)17(29)26(3)4)6-21(16(27)9(2)33-8)18(30)24-20(32)25-19(21)31/h5,8-9,16,23,28H,6-7H2,1-4H3,(H2,24,25,30,31,32)/t8-,9+,16-/m1/s1. The molecule has 3 aliphatic rings. The molecule has 3 heterocycles. The Balaban J connectivity index is 1.95. The number of hydrogen-bond donors (Lipinski definition) is 4. The molecule has 12 heteroatoms. The van der Waals surface area contributed by atoms with Crippen LogP contribution in [0.2, 0.25) is 0 Å². The first-order valence-electron chi connectivity index (χ1n) is 10.3. The number of phenols is 1. The molecule has 5 amide bonds. The summed E-state index contributed by atoms with van der Waals surface area (Å²) in [7, 11) is 2.82. The first-order chi connectivity index (χ1) is 15.4. The third-order valence-electron chi connectivity index (χ3n) is 6.39. The number of hydrogen-bond acceptors (Lipinski definition) is 8. The van der Waals surface area contributed by atoms with Gasteiger partial charge in [-0.15, -0.1) is 0 Å². The van der Waals surface area contributed by atoms with Gasteiger partial charge in [0.25, 0.3) is 5.91 Å². The third kappa shape index (κ3) is 3.16. The first-order valence-corrected chi connectivity index (χ1v) is 10.3. The number of halogens is 1. The van der Waals surface area contributed by atoms with Gasteiger partial charge in [-0.3, -0.25) is 30.4 Å². The fourth-order valence-electron chi connectivity index (χ4n) is 5.08. The highest BCUT2D eigenvalue weighted by Gasteiger charge is 2.63. The number of aromatic hydroxyl groups is 1. The van der Waals surface area contributed by atoms with E-state index in [1.54, 1.807) is 13.8 Å². The Bertz CT molecular complexity index is 1100. The number of ether oxygens (including phenoxy) is 1. The number of barbiturate groups is 1. The van der Waals surface area contributed by atoms with Crippen LogP contribution in [-0.4, -0.2) is 78.4 Å². The smallest absolute Gasteiger partial charge is 0.328 e.